The number of alkyl halides is 1. The lowest BCUT2D eigenvalue weighted by atomic mass is 10.0. The largest absolute Gasteiger partial charge is 0.456 e. The molecule has 0 aliphatic heterocycles. The molecular weight excluding hydrogens is 377 g/mol. The molecule has 164 valence electrons. The van der Waals surface area contributed by atoms with E-state index in [1.807, 2.05) is 44.2 Å². The fourth-order valence-electron chi connectivity index (χ4n) is 2.56. The maximum absolute atomic E-state index is 13.4. The molecule has 2 atom stereocenters. The molecule has 0 saturated carbocycles. The summed E-state index contributed by atoms with van der Waals surface area (Å²) >= 11 is 0. The number of carbonyl (C=O) groups is 2. The third kappa shape index (κ3) is 9.74. The molecule has 0 bridgehead atoms. The van der Waals surface area contributed by atoms with E-state index in [1.54, 1.807) is 20.8 Å². The Morgan fingerprint density at radius 3 is 2.28 bits per heavy atom. The van der Waals surface area contributed by atoms with Gasteiger partial charge in [0.05, 0.1) is 13.2 Å². The zero-order valence-corrected chi connectivity index (χ0v) is 18.3. The quantitative estimate of drug-likeness (QED) is 0.535. The molecule has 0 radical (unpaired) electrons. The van der Waals surface area contributed by atoms with Crippen LogP contribution in [-0.2, 0) is 25.6 Å². The van der Waals surface area contributed by atoms with Crippen LogP contribution in [0.4, 0.5) is 9.18 Å². The molecule has 0 fully saturated rings. The highest BCUT2D eigenvalue weighted by atomic mass is 19.1. The van der Waals surface area contributed by atoms with Crippen molar-refractivity contribution < 1.29 is 28.2 Å². The fourth-order valence-corrected chi connectivity index (χ4v) is 2.56. The van der Waals surface area contributed by atoms with Gasteiger partial charge in [-0.3, -0.25) is 4.90 Å². The van der Waals surface area contributed by atoms with Gasteiger partial charge in [-0.25, -0.2) is 14.0 Å². The Kier molecular flexibility index (Phi) is 10.1. The summed E-state index contributed by atoms with van der Waals surface area (Å²) in [5.74, 6) is -0.548. The topological polar surface area (TPSA) is 65.1 Å². The molecule has 1 rings (SSSR count). The summed E-state index contributed by atoms with van der Waals surface area (Å²) in [6, 6.07) is 8.58. The molecular formula is C22H34FNO5. The van der Waals surface area contributed by atoms with Crippen LogP contribution >= 0.6 is 0 Å². The lowest BCUT2D eigenvalue weighted by Crippen LogP contribution is -2.47. The molecule has 0 aliphatic carbocycles. The lowest BCUT2D eigenvalue weighted by molar-refractivity contribution is -0.159. The summed E-state index contributed by atoms with van der Waals surface area (Å²) in [6.45, 7) is 8.46. The number of amides is 1. The van der Waals surface area contributed by atoms with Crippen molar-refractivity contribution in [3.05, 3.63) is 35.9 Å². The van der Waals surface area contributed by atoms with Gasteiger partial charge in [-0.05, 0) is 38.7 Å². The Bertz CT molecular complexity index is 630. The Morgan fingerprint density at radius 2 is 1.76 bits per heavy atom. The molecule has 0 aromatic heterocycles. The van der Waals surface area contributed by atoms with Gasteiger partial charge in [-0.15, -0.1) is 0 Å². The molecule has 0 saturated heterocycles. The zero-order chi connectivity index (χ0) is 22.0. The van der Waals surface area contributed by atoms with Crippen LogP contribution < -0.4 is 0 Å². The first-order valence-electron chi connectivity index (χ1n) is 9.87. The smallest absolute Gasteiger partial charge is 0.410 e. The fraction of sp³-hybridized carbons (Fsp3) is 0.636. The summed E-state index contributed by atoms with van der Waals surface area (Å²) in [4.78, 5) is 26.3. The van der Waals surface area contributed by atoms with E-state index in [4.69, 9.17) is 14.2 Å². The number of likely N-dealkylation sites (N-methyl/N-ethyl adjacent to an activating group) is 1. The first-order valence-corrected chi connectivity index (χ1v) is 9.87. The normalized spacial score (nSPS) is 13.7. The summed E-state index contributed by atoms with van der Waals surface area (Å²) in [5.41, 5.74) is 0.253. The highest BCUT2D eigenvalue weighted by Gasteiger charge is 2.33. The van der Waals surface area contributed by atoms with Gasteiger partial charge in [0.15, 0.2) is 6.10 Å². The first-order chi connectivity index (χ1) is 13.5. The monoisotopic (exact) mass is 411 g/mol. The second-order valence-corrected chi connectivity index (χ2v) is 8.45. The van der Waals surface area contributed by atoms with E-state index in [2.05, 4.69) is 0 Å². The number of benzene rings is 1. The number of rotatable bonds is 10. The molecule has 0 spiro atoms. The van der Waals surface area contributed by atoms with Crippen molar-refractivity contribution in [2.75, 3.05) is 20.3 Å². The SMILES string of the molecule is CC(C)C[C@@H](C(=O)O[C@H](CF)COCc1ccccc1)N(C)C(=O)OC(C)(C)C. The van der Waals surface area contributed by atoms with Gasteiger partial charge in [0, 0.05) is 7.05 Å². The minimum Gasteiger partial charge on any atom is -0.456 e. The van der Waals surface area contributed by atoms with E-state index in [1.165, 1.54) is 11.9 Å². The van der Waals surface area contributed by atoms with Crippen LogP contribution in [0.15, 0.2) is 30.3 Å². The third-order valence-corrected chi connectivity index (χ3v) is 3.99. The van der Waals surface area contributed by atoms with Crippen LogP contribution in [0.2, 0.25) is 0 Å². The number of ether oxygens (including phenoxy) is 3. The molecule has 0 aliphatic rings. The standard InChI is InChI=1S/C22H34FNO5/c1-16(2)12-19(24(6)21(26)29-22(3,4)5)20(25)28-18(13-23)15-27-14-17-10-8-7-9-11-17/h7-11,16,18-19H,12-15H2,1-6H3/t18-,19+/m1/s1. The van der Waals surface area contributed by atoms with Crippen LogP contribution in [0.25, 0.3) is 0 Å². The van der Waals surface area contributed by atoms with E-state index in [0.29, 0.717) is 13.0 Å². The van der Waals surface area contributed by atoms with E-state index >= 15 is 0 Å². The van der Waals surface area contributed by atoms with Crippen molar-refractivity contribution in [2.24, 2.45) is 5.92 Å². The maximum atomic E-state index is 13.4. The summed E-state index contributed by atoms with van der Waals surface area (Å²) in [6.07, 6.45) is -1.29. The Balaban J connectivity index is 2.69. The van der Waals surface area contributed by atoms with Crippen LogP contribution in [0, 0.1) is 5.92 Å². The lowest BCUT2D eigenvalue weighted by Gasteiger charge is -2.31. The van der Waals surface area contributed by atoms with E-state index in [9.17, 15) is 14.0 Å². The first kappa shape index (κ1) is 24.9. The number of nitrogens with zero attached hydrogens (tertiary/aromatic N) is 1. The van der Waals surface area contributed by atoms with Gasteiger partial charge in [0.25, 0.3) is 0 Å². The predicted molar refractivity (Wildman–Crippen MR) is 109 cm³/mol. The molecule has 0 N–H and O–H groups in total. The number of halogens is 1. The second kappa shape index (κ2) is 11.8. The van der Waals surface area contributed by atoms with Gasteiger partial charge in [-0.2, -0.15) is 0 Å². The van der Waals surface area contributed by atoms with Gasteiger partial charge >= 0.3 is 12.1 Å². The predicted octanol–water partition coefficient (Wildman–Crippen LogP) is 4.37. The van der Waals surface area contributed by atoms with Gasteiger partial charge in [0.1, 0.15) is 18.3 Å². The van der Waals surface area contributed by atoms with Crippen molar-refractivity contribution in [1.82, 2.24) is 4.90 Å². The molecule has 7 heteroatoms. The summed E-state index contributed by atoms with van der Waals surface area (Å²) < 4.78 is 29.5. The van der Waals surface area contributed by atoms with E-state index < -0.39 is 36.5 Å². The minimum absolute atomic E-state index is 0.0678. The van der Waals surface area contributed by atoms with Crippen molar-refractivity contribution in [3.63, 3.8) is 0 Å². The number of carbonyl (C=O) groups excluding carboxylic acids is 2. The van der Waals surface area contributed by atoms with Gasteiger partial charge < -0.3 is 14.2 Å². The average Bonchev–Trinajstić information content (AvgIpc) is 2.63. The Labute approximate surface area is 173 Å². The molecule has 1 aromatic rings. The van der Waals surface area contributed by atoms with Crippen molar-refractivity contribution >= 4 is 12.1 Å². The van der Waals surface area contributed by atoms with Gasteiger partial charge in [0.2, 0.25) is 0 Å². The summed E-state index contributed by atoms with van der Waals surface area (Å²) in [7, 11) is 1.48. The number of hydrogen-bond donors (Lipinski definition) is 0. The molecule has 1 aromatic carbocycles. The summed E-state index contributed by atoms with van der Waals surface area (Å²) in [5, 5.41) is 0. The molecule has 0 unspecified atom stereocenters. The second-order valence-electron chi connectivity index (χ2n) is 8.45. The van der Waals surface area contributed by atoms with Crippen molar-refractivity contribution in [1.29, 1.82) is 0 Å². The Hall–Kier alpha value is -2.15. The van der Waals surface area contributed by atoms with Crippen LogP contribution in [0.1, 0.15) is 46.6 Å². The molecule has 0 heterocycles. The highest BCUT2D eigenvalue weighted by Crippen LogP contribution is 2.17. The number of esters is 1. The molecule has 29 heavy (non-hydrogen) atoms. The van der Waals surface area contributed by atoms with E-state index in [0.717, 1.165) is 5.56 Å². The van der Waals surface area contributed by atoms with Crippen molar-refractivity contribution in [3.8, 4) is 0 Å². The van der Waals surface area contributed by atoms with Crippen LogP contribution in [0.5, 0.6) is 0 Å². The molecule has 6 nitrogen and oxygen atoms in total. The zero-order valence-electron chi connectivity index (χ0n) is 18.3. The van der Waals surface area contributed by atoms with Crippen molar-refractivity contribution in [2.45, 2.75) is 65.4 Å². The molecule has 1 amide bonds. The average molecular weight is 412 g/mol. The van der Waals surface area contributed by atoms with Crippen LogP contribution in [-0.4, -0.2) is 55.0 Å². The van der Waals surface area contributed by atoms with E-state index in [-0.39, 0.29) is 12.5 Å². The maximum Gasteiger partial charge on any atom is 0.410 e. The van der Waals surface area contributed by atoms with Crippen LogP contribution in [0.3, 0.4) is 0 Å². The Morgan fingerprint density at radius 1 is 1.14 bits per heavy atom. The number of hydrogen-bond acceptors (Lipinski definition) is 5. The minimum atomic E-state index is -1.03. The highest BCUT2D eigenvalue weighted by molar-refractivity contribution is 5.81. The third-order valence-electron chi connectivity index (χ3n) is 3.99. The van der Waals surface area contributed by atoms with Gasteiger partial charge in [-0.1, -0.05) is 44.2 Å².